The first-order valence-electron chi connectivity index (χ1n) is 9.65. The predicted molar refractivity (Wildman–Crippen MR) is 103 cm³/mol. The summed E-state index contributed by atoms with van der Waals surface area (Å²) in [5.41, 5.74) is 2.29. The zero-order valence-electron chi connectivity index (χ0n) is 17.0. The number of nitrogens with zero attached hydrogens (tertiary/aromatic N) is 2. The molecule has 154 valence electrons. The maximum absolute atomic E-state index is 12.9. The number of amides is 2. The van der Waals surface area contributed by atoms with Crippen LogP contribution in [-0.2, 0) is 16.0 Å². The van der Waals surface area contributed by atoms with Gasteiger partial charge in [-0.05, 0) is 38.7 Å². The van der Waals surface area contributed by atoms with E-state index in [0.29, 0.717) is 54.9 Å². The number of carbonyl (C=O) groups excluding carboxylic acids is 3. The Bertz CT molecular complexity index is 775. The van der Waals surface area contributed by atoms with Gasteiger partial charge in [0.1, 0.15) is 5.69 Å². The van der Waals surface area contributed by atoms with Crippen molar-refractivity contribution in [1.29, 1.82) is 0 Å². The van der Waals surface area contributed by atoms with Crippen LogP contribution in [0.25, 0.3) is 0 Å². The molecule has 0 bridgehead atoms. The first kappa shape index (κ1) is 21.7. The number of piperidine rings is 1. The van der Waals surface area contributed by atoms with E-state index in [1.807, 2.05) is 6.92 Å². The van der Waals surface area contributed by atoms with E-state index in [-0.39, 0.29) is 24.1 Å². The molecule has 1 fully saturated rings. The first-order chi connectivity index (χ1) is 13.2. The van der Waals surface area contributed by atoms with Crippen LogP contribution in [0.4, 0.5) is 0 Å². The molecule has 0 atom stereocenters. The Balaban J connectivity index is 2.09. The summed E-state index contributed by atoms with van der Waals surface area (Å²) >= 11 is 0. The predicted octanol–water partition coefficient (Wildman–Crippen LogP) is 1.87. The fourth-order valence-corrected chi connectivity index (χ4v) is 3.78. The molecule has 0 aliphatic carbocycles. The van der Waals surface area contributed by atoms with Crippen molar-refractivity contribution in [1.82, 2.24) is 14.8 Å². The quantitative estimate of drug-likeness (QED) is 0.690. The number of ketones is 1. The monoisotopic (exact) mass is 391 g/mol. The summed E-state index contributed by atoms with van der Waals surface area (Å²) in [6, 6.07) is 0. The van der Waals surface area contributed by atoms with Crippen molar-refractivity contribution in [3.63, 3.8) is 0 Å². The number of hydrogen-bond donors (Lipinski definition) is 2. The van der Waals surface area contributed by atoms with E-state index in [1.165, 1.54) is 11.8 Å². The van der Waals surface area contributed by atoms with Gasteiger partial charge in [-0.25, -0.2) is 0 Å². The summed E-state index contributed by atoms with van der Waals surface area (Å²) in [5, 5.41) is 9.06. The lowest BCUT2D eigenvalue weighted by molar-refractivity contribution is -0.145. The van der Waals surface area contributed by atoms with Gasteiger partial charge in [0, 0.05) is 31.4 Å². The van der Waals surface area contributed by atoms with Gasteiger partial charge in [-0.1, -0.05) is 13.3 Å². The lowest BCUT2D eigenvalue weighted by Gasteiger charge is -2.31. The van der Waals surface area contributed by atoms with Gasteiger partial charge in [-0.15, -0.1) is 0 Å². The van der Waals surface area contributed by atoms with Gasteiger partial charge in [0.05, 0.1) is 12.5 Å². The molecule has 0 radical (unpaired) electrons. The minimum atomic E-state index is -0.828. The van der Waals surface area contributed by atoms with Gasteiger partial charge in [-0.2, -0.15) is 0 Å². The Hall–Kier alpha value is -2.64. The van der Waals surface area contributed by atoms with Crippen molar-refractivity contribution < 1.29 is 24.3 Å². The number of aryl methyl sites for hydroxylation is 1. The number of carboxylic acids is 1. The van der Waals surface area contributed by atoms with Crippen molar-refractivity contribution in [2.45, 2.75) is 46.5 Å². The van der Waals surface area contributed by atoms with Gasteiger partial charge in [0.25, 0.3) is 5.91 Å². The Morgan fingerprint density at radius 3 is 2.32 bits per heavy atom. The highest BCUT2D eigenvalue weighted by molar-refractivity contribution is 6.03. The smallest absolute Gasteiger partial charge is 0.306 e. The molecule has 2 amide bonds. The molecule has 1 aliphatic rings. The molecule has 2 N–H and O–H groups in total. The average Bonchev–Trinajstić information content (AvgIpc) is 2.97. The van der Waals surface area contributed by atoms with Crippen LogP contribution in [0.5, 0.6) is 0 Å². The number of aliphatic carboxylic acids is 1. The number of nitrogens with one attached hydrogen (secondary N) is 1. The van der Waals surface area contributed by atoms with E-state index in [4.69, 9.17) is 5.11 Å². The number of likely N-dealkylation sites (N-methyl/N-ethyl adjacent to an activating group) is 1. The van der Waals surface area contributed by atoms with Gasteiger partial charge in [-0.3, -0.25) is 19.2 Å². The zero-order valence-corrected chi connectivity index (χ0v) is 17.0. The molecule has 0 spiro atoms. The summed E-state index contributed by atoms with van der Waals surface area (Å²) < 4.78 is 0. The number of aromatic amines is 1. The van der Waals surface area contributed by atoms with Crippen molar-refractivity contribution in [3.05, 3.63) is 22.5 Å². The lowest BCUT2D eigenvalue weighted by Crippen LogP contribution is -2.45. The maximum atomic E-state index is 12.9. The normalized spacial score (nSPS) is 14.8. The topological polar surface area (TPSA) is 111 Å². The minimum Gasteiger partial charge on any atom is -0.481 e. The van der Waals surface area contributed by atoms with Gasteiger partial charge in [0.15, 0.2) is 5.78 Å². The Kier molecular flexibility index (Phi) is 6.99. The van der Waals surface area contributed by atoms with Crippen molar-refractivity contribution in [3.8, 4) is 0 Å². The molecular weight excluding hydrogens is 362 g/mol. The third-order valence-corrected chi connectivity index (χ3v) is 5.27. The number of carbonyl (C=O) groups is 4. The lowest BCUT2D eigenvalue weighted by atomic mass is 9.97. The molecule has 8 heteroatoms. The van der Waals surface area contributed by atoms with E-state index in [1.54, 1.807) is 18.9 Å². The highest BCUT2D eigenvalue weighted by Gasteiger charge is 2.29. The van der Waals surface area contributed by atoms with Crippen molar-refractivity contribution in [2.24, 2.45) is 5.92 Å². The molecule has 1 aliphatic heterocycles. The largest absolute Gasteiger partial charge is 0.481 e. The number of aromatic nitrogens is 1. The van der Waals surface area contributed by atoms with Crippen LogP contribution < -0.4 is 0 Å². The SMILES string of the molecule is CCCc1c(C(=O)N(C)CC(=O)N2CCC(C(=O)O)CC2)[nH]c(C)c1C(C)=O. The Labute approximate surface area is 164 Å². The van der Waals surface area contributed by atoms with Crippen LogP contribution in [0.2, 0.25) is 0 Å². The number of likely N-dealkylation sites (tertiary alicyclic amines) is 1. The van der Waals surface area contributed by atoms with E-state index in [0.717, 1.165) is 6.42 Å². The van der Waals surface area contributed by atoms with Gasteiger partial charge in [0.2, 0.25) is 5.91 Å². The molecule has 0 aromatic carbocycles. The Morgan fingerprint density at radius 1 is 1.21 bits per heavy atom. The average molecular weight is 391 g/mol. The van der Waals surface area contributed by atoms with Crippen molar-refractivity contribution in [2.75, 3.05) is 26.7 Å². The highest BCUT2D eigenvalue weighted by atomic mass is 16.4. The second-order valence-electron chi connectivity index (χ2n) is 7.44. The second-order valence-corrected chi connectivity index (χ2v) is 7.44. The summed E-state index contributed by atoms with van der Waals surface area (Å²) in [6.07, 6.45) is 2.25. The van der Waals surface area contributed by atoms with Crippen LogP contribution in [0.3, 0.4) is 0 Å². The van der Waals surface area contributed by atoms with Crippen LogP contribution in [-0.4, -0.2) is 70.1 Å². The van der Waals surface area contributed by atoms with E-state index in [2.05, 4.69) is 4.98 Å². The van der Waals surface area contributed by atoms with Gasteiger partial charge < -0.3 is 19.9 Å². The van der Waals surface area contributed by atoms with Crippen LogP contribution in [0.1, 0.15) is 65.2 Å². The summed E-state index contributed by atoms with van der Waals surface area (Å²) in [4.78, 5) is 54.5. The standard InChI is InChI=1S/C20H29N3O5/c1-5-6-15-17(13(3)24)12(2)21-18(15)19(26)22(4)11-16(25)23-9-7-14(8-10-23)20(27)28/h14,21H,5-11H2,1-4H3,(H,27,28). The number of carboxylic acid groups (broad SMARTS) is 1. The van der Waals surface area contributed by atoms with E-state index in [9.17, 15) is 19.2 Å². The molecular formula is C20H29N3O5. The highest BCUT2D eigenvalue weighted by Crippen LogP contribution is 2.23. The summed E-state index contributed by atoms with van der Waals surface area (Å²) in [5.74, 6) is -1.85. The van der Waals surface area contributed by atoms with Gasteiger partial charge >= 0.3 is 5.97 Å². The zero-order chi connectivity index (χ0) is 21.0. The number of H-pyrrole nitrogens is 1. The fraction of sp³-hybridized carbons (Fsp3) is 0.600. The first-order valence-corrected chi connectivity index (χ1v) is 9.65. The number of hydrogen-bond acceptors (Lipinski definition) is 4. The van der Waals surface area contributed by atoms with Crippen LogP contribution >= 0.6 is 0 Å². The summed E-state index contributed by atoms with van der Waals surface area (Å²) in [7, 11) is 1.56. The van der Waals surface area contributed by atoms with E-state index < -0.39 is 11.9 Å². The molecule has 1 aromatic rings. The molecule has 1 aromatic heterocycles. The molecule has 28 heavy (non-hydrogen) atoms. The van der Waals surface area contributed by atoms with E-state index >= 15 is 0 Å². The molecule has 1 saturated heterocycles. The van der Waals surface area contributed by atoms with Crippen LogP contribution in [0, 0.1) is 12.8 Å². The fourth-order valence-electron chi connectivity index (χ4n) is 3.78. The minimum absolute atomic E-state index is 0.0868. The molecule has 0 saturated carbocycles. The van der Waals surface area contributed by atoms with Crippen LogP contribution in [0.15, 0.2) is 0 Å². The van der Waals surface area contributed by atoms with Crippen molar-refractivity contribution >= 4 is 23.6 Å². The third-order valence-electron chi connectivity index (χ3n) is 5.27. The second kappa shape index (κ2) is 9.03. The molecule has 0 unspecified atom stereocenters. The maximum Gasteiger partial charge on any atom is 0.306 e. The molecule has 2 rings (SSSR count). The number of Topliss-reactive ketones (excluding diaryl/α,β-unsaturated/α-hetero) is 1. The Morgan fingerprint density at radius 2 is 1.82 bits per heavy atom. The molecule has 2 heterocycles. The summed E-state index contributed by atoms with van der Waals surface area (Å²) in [6.45, 7) is 5.91. The molecule has 8 nitrogen and oxygen atoms in total. The third kappa shape index (κ3) is 4.61. The number of rotatable bonds is 7.